The highest BCUT2D eigenvalue weighted by Crippen LogP contribution is 2.21. The average molecular weight is 344 g/mol. The summed E-state index contributed by atoms with van der Waals surface area (Å²) < 4.78 is 0. The van der Waals surface area contributed by atoms with Crippen LogP contribution in [0.3, 0.4) is 0 Å². The molecule has 0 radical (unpaired) electrons. The van der Waals surface area contributed by atoms with Gasteiger partial charge in [0.15, 0.2) is 0 Å². The topological polar surface area (TPSA) is 66.4 Å². The number of likely N-dealkylation sites (tertiary alicyclic amines) is 2. The number of nitrogens with zero attached hydrogens (tertiary/aromatic N) is 4. The monoisotopic (exact) mass is 344 g/mol. The van der Waals surface area contributed by atoms with Crippen LogP contribution in [0.5, 0.6) is 0 Å². The fraction of sp³-hybridized carbons (Fsp3) is 0.684. The molecule has 6 nitrogen and oxygen atoms in total. The number of piperidine rings is 2. The van der Waals surface area contributed by atoms with Crippen LogP contribution in [-0.4, -0.2) is 57.8 Å². The van der Waals surface area contributed by atoms with Crippen molar-refractivity contribution in [3.8, 4) is 0 Å². The molecular weight excluding hydrogens is 316 g/mol. The fourth-order valence-corrected chi connectivity index (χ4v) is 3.79. The lowest BCUT2D eigenvalue weighted by Crippen LogP contribution is -2.39. The maximum absolute atomic E-state index is 12.7. The maximum atomic E-state index is 12.7. The molecule has 0 spiro atoms. The lowest BCUT2D eigenvalue weighted by atomic mass is 9.93. The Morgan fingerprint density at radius 3 is 2.60 bits per heavy atom. The minimum absolute atomic E-state index is 0.00439. The van der Waals surface area contributed by atoms with Crippen LogP contribution < -0.4 is 0 Å². The van der Waals surface area contributed by atoms with Crippen LogP contribution in [0, 0.1) is 11.8 Å². The normalized spacial score (nSPS) is 22.1. The number of rotatable bonds is 3. The first-order valence-electron chi connectivity index (χ1n) is 9.38. The van der Waals surface area contributed by atoms with Gasteiger partial charge >= 0.3 is 0 Å². The first-order chi connectivity index (χ1) is 12.0. The predicted molar refractivity (Wildman–Crippen MR) is 95.0 cm³/mol. The van der Waals surface area contributed by atoms with Crippen molar-refractivity contribution in [2.24, 2.45) is 11.8 Å². The SMILES string of the molecule is CC(=O)N1CCCC(Cc2cncc(C(=O)N3CCC(C)CC3)n2)C1. The minimum Gasteiger partial charge on any atom is -0.343 e. The summed E-state index contributed by atoms with van der Waals surface area (Å²) in [5.41, 5.74) is 1.30. The third kappa shape index (κ3) is 4.55. The number of carbonyl (C=O) groups excluding carboxylic acids is 2. The van der Waals surface area contributed by atoms with Crippen LogP contribution in [-0.2, 0) is 11.2 Å². The second kappa shape index (κ2) is 7.93. The molecule has 136 valence electrons. The first kappa shape index (κ1) is 17.8. The van der Waals surface area contributed by atoms with Gasteiger partial charge in [0.1, 0.15) is 5.69 Å². The smallest absolute Gasteiger partial charge is 0.274 e. The second-order valence-corrected chi connectivity index (χ2v) is 7.55. The molecule has 25 heavy (non-hydrogen) atoms. The summed E-state index contributed by atoms with van der Waals surface area (Å²) in [6.45, 7) is 7.10. The highest BCUT2D eigenvalue weighted by molar-refractivity contribution is 5.92. The summed E-state index contributed by atoms with van der Waals surface area (Å²) in [6.07, 6.45) is 8.34. The Labute approximate surface area is 149 Å². The molecular formula is C19H28N4O2. The molecule has 1 atom stereocenters. The number of amides is 2. The van der Waals surface area contributed by atoms with E-state index in [-0.39, 0.29) is 11.8 Å². The van der Waals surface area contributed by atoms with E-state index in [0.717, 1.165) is 64.0 Å². The number of hydrogen-bond acceptors (Lipinski definition) is 4. The zero-order valence-corrected chi connectivity index (χ0v) is 15.3. The van der Waals surface area contributed by atoms with Crippen molar-refractivity contribution in [2.45, 2.75) is 46.0 Å². The Morgan fingerprint density at radius 2 is 1.88 bits per heavy atom. The molecule has 2 aliphatic rings. The summed E-state index contributed by atoms with van der Waals surface area (Å²) in [4.78, 5) is 36.9. The summed E-state index contributed by atoms with van der Waals surface area (Å²) in [6, 6.07) is 0. The average Bonchev–Trinajstić information content (AvgIpc) is 2.62. The van der Waals surface area contributed by atoms with Gasteiger partial charge in [-0.2, -0.15) is 0 Å². The molecule has 0 aromatic carbocycles. The molecule has 2 aliphatic heterocycles. The van der Waals surface area contributed by atoms with Crippen molar-refractivity contribution in [1.82, 2.24) is 19.8 Å². The van der Waals surface area contributed by atoms with Crippen LogP contribution in [0.1, 0.15) is 55.7 Å². The van der Waals surface area contributed by atoms with Crippen molar-refractivity contribution in [3.63, 3.8) is 0 Å². The van der Waals surface area contributed by atoms with Crippen molar-refractivity contribution in [1.29, 1.82) is 0 Å². The molecule has 2 fully saturated rings. The molecule has 2 saturated heterocycles. The largest absolute Gasteiger partial charge is 0.343 e. The van der Waals surface area contributed by atoms with Gasteiger partial charge in [0.2, 0.25) is 5.91 Å². The Kier molecular flexibility index (Phi) is 5.66. The van der Waals surface area contributed by atoms with E-state index < -0.39 is 0 Å². The van der Waals surface area contributed by atoms with Crippen LogP contribution >= 0.6 is 0 Å². The van der Waals surface area contributed by atoms with Gasteiger partial charge in [-0.25, -0.2) is 4.98 Å². The number of aromatic nitrogens is 2. The summed E-state index contributed by atoms with van der Waals surface area (Å²) >= 11 is 0. The van der Waals surface area contributed by atoms with Gasteiger partial charge < -0.3 is 9.80 Å². The Morgan fingerprint density at radius 1 is 1.12 bits per heavy atom. The van der Waals surface area contributed by atoms with E-state index in [9.17, 15) is 9.59 Å². The van der Waals surface area contributed by atoms with Crippen molar-refractivity contribution < 1.29 is 9.59 Å². The Balaban J connectivity index is 1.63. The van der Waals surface area contributed by atoms with E-state index in [2.05, 4.69) is 16.9 Å². The van der Waals surface area contributed by atoms with Gasteiger partial charge in [-0.15, -0.1) is 0 Å². The molecule has 6 heteroatoms. The van der Waals surface area contributed by atoms with Crippen molar-refractivity contribution in [3.05, 3.63) is 23.8 Å². The third-order valence-corrected chi connectivity index (χ3v) is 5.44. The van der Waals surface area contributed by atoms with Gasteiger partial charge in [-0.1, -0.05) is 6.92 Å². The molecule has 0 saturated carbocycles. The highest BCUT2D eigenvalue weighted by Gasteiger charge is 2.25. The molecule has 0 aliphatic carbocycles. The Bertz CT molecular complexity index is 626. The minimum atomic E-state index is -0.00439. The van der Waals surface area contributed by atoms with Gasteiger partial charge in [-0.3, -0.25) is 14.6 Å². The third-order valence-electron chi connectivity index (χ3n) is 5.44. The molecule has 3 heterocycles. The molecule has 2 amide bonds. The lowest BCUT2D eigenvalue weighted by molar-refractivity contribution is -0.130. The quantitative estimate of drug-likeness (QED) is 0.843. The van der Waals surface area contributed by atoms with Crippen LogP contribution in [0.2, 0.25) is 0 Å². The van der Waals surface area contributed by atoms with Crippen LogP contribution in [0.4, 0.5) is 0 Å². The van der Waals surface area contributed by atoms with Crippen LogP contribution in [0.25, 0.3) is 0 Å². The van der Waals surface area contributed by atoms with E-state index in [1.807, 2.05) is 9.80 Å². The Hall–Kier alpha value is -1.98. The number of hydrogen-bond donors (Lipinski definition) is 0. The van der Waals surface area contributed by atoms with Gasteiger partial charge in [0, 0.05) is 39.3 Å². The van der Waals surface area contributed by atoms with E-state index in [4.69, 9.17) is 0 Å². The maximum Gasteiger partial charge on any atom is 0.274 e. The summed E-state index contributed by atoms with van der Waals surface area (Å²) in [5, 5.41) is 0. The standard InChI is InChI=1S/C19H28N4O2/c1-14-5-8-22(9-6-14)19(25)18-12-20-11-17(21-18)10-16-4-3-7-23(13-16)15(2)24/h11-12,14,16H,3-10,13H2,1-2H3. The number of carbonyl (C=O) groups is 2. The molecule has 1 aromatic rings. The molecule has 0 N–H and O–H groups in total. The fourth-order valence-electron chi connectivity index (χ4n) is 3.79. The summed E-state index contributed by atoms with van der Waals surface area (Å²) in [5.74, 6) is 1.22. The van der Waals surface area contributed by atoms with Crippen LogP contribution in [0.15, 0.2) is 12.4 Å². The van der Waals surface area contributed by atoms with E-state index in [1.54, 1.807) is 19.3 Å². The zero-order valence-electron chi connectivity index (χ0n) is 15.3. The molecule has 3 rings (SSSR count). The van der Waals surface area contributed by atoms with Gasteiger partial charge in [0.05, 0.1) is 11.9 Å². The highest BCUT2D eigenvalue weighted by atomic mass is 16.2. The lowest BCUT2D eigenvalue weighted by Gasteiger charge is -2.32. The van der Waals surface area contributed by atoms with Gasteiger partial charge in [-0.05, 0) is 43.9 Å². The van der Waals surface area contributed by atoms with E-state index in [1.165, 1.54) is 0 Å². The van der Waals surface area contributed by atoms with Crippen molar-refractivity contribution in [2.75, 3.05) is 26.2 Å². The molecule has 1 unspecified atom stereocenters. The second-order valence-electron chi connectivity index (χ2n) is 7.55. The predicted octanol–water partition coefficient (Wildman–Crippen LogP) is 2.15. The van der Waals surface area contributed by atoms with E-state index >= 15 is 0 Å². The first-order valence-corrected chi connectivity index (χ1v) is 9.38. The summed E-state index contributed by atoms with van der Waals surface area (Å²) in [7, 11) is 0. The molecule has 1 aromatic heterocycles. The molecule has 0 bridgehead atoms. The van der Waals surface area contributed by atoms with Crippen molar-refractivity contribution >= 4 is 11.8 Å². The zero-order chi connectivity index (χ0) is 17.8. The van der Waals surface area contributed by atoms with E-state index in [0.29, 0.717) is 17.5 Å². The van der Waals surface area contributed by atoms with Gasteiger partial charge in [0.25, 0.3) is 5.91 Å².